The molecule has 0 radical (unpaired) electrons. The van der Waals surface area contributed by atoms with Crippen LogP contribution in [-0.4, -0.2) is 71.5 Å². The van der Waals surface area contributed by atoms with Crippen LogP contribution in [0.3, 0.4) is 0 Å². The standard InChI is InChI=1S/C22H24O9/c1-27-10-2-4-12-14-9-28-15-7-11(3-5-13(15)21(14)30-16(12)6-10)29-22-20(26)19(25)18(24)17(8-23)31-22/h2-7,14,17-26H,8-9H2,1H3/t14-,17+,18+,19-,20+,21+,22-/m0/s1. The molecule has 0 spiro atoms. The summed E-state index contributed by atoms with van der Waals surface area (Å²) in [6, 6.07) is 10.9. The largest absolute Gasteiger partial charge is 0.497 e. The van der Waals surface area contributed by atoms with E-state index in [4.69, 9.17) is 23.7 Å². The molecule has 7 atom stereocenters. The molecule has 3 aliphatic heterocycles. The monoisotopic (exact) mass is 432 g/mol. The first kappa shape index (κ1) is 20.3. The predicted molar refractivity (Wildman–Crippen MR) is 105 cm³/mol. The van der Waals surface area contributed by atoms with E-state index in [1.807, 2.05) is 24.3 Å². The van der Waals surface area contributed by atoms with E-state index >= 15 is 0 Å². The van der Waals surface area contributed by atoms with E-state index in [9.17, 15) is 20.4 Å². The average Bonchev–Trinajstić information content (AvgIpc) is 3.17. The van der Waals surface area contributed by atoms with Crippen molar-refractivity contribution in [2.45, 2.75) is 42.7 Å². The maximum absolute atomic E-state index is 10.2. The van der Waals surface area contributed by atoms with Gasteiger partial charge in [-0.3, -0.25) is 0 Å². The van der Waals surface area contributed by atoms with Crippen molar-refractivity contribution >= 4 is 0 Å². The molecule has 1 saturated heterocycles. The van der Waals surface area contributed by atoms with Gasteiger partial charge < -0.3 is 44.1 Å². The summed E-state index contributed by atoms with van der Waals surface area (Å²) in [5.41, 5.74) is 1.94. The van der Waals surface area contributed by atoms with Gasteiger partial charge in [0.15, 0.2) is 0 Å². The van der Waals surface area contributed by atoms with Crippen LogP contribution in [0.1, 0.15) is 23.1 Å². The molecule has 0 bridgehead atoms. The highest BCUT2D eigenvalue weighted by Crippen LogP contribution is 2.52. The fraction of sp³-hybridized carbons (Fsp3) is 0.455. The minimum absolute atomic E-state index is 0.0608. The first-order valence-corrected chi connectivity index (χ1v) is 10.1. The minimum Gasteiger partial charge on any atom is -0.497 e. The molecule has 0 aromatic heterocycles. The molecule has 3 heterocycles. The Bertz CT molecular complexity index is 962. The quantitative estimate of drug-likeness (QED) is 0.546. The van der Waals surface area contributed by atoms with Crippen molar-refractivity contribution in [3.63, 3.8) is 0 Å². The summed E-state index contributed by atoms with van der Waals surface area (Å²) < 4.78 is 28.5. The van der Waals surface area contributed by atoms with Gasteiger partial charge in [0.2, 0.25) is 6.29 Å². The molecule has 31 heavy (non-hydrogen) atoms. The summed E-state index contributed by atoms with van der Waals surface area (Å²) in [6.07, 6.45) is -6.94. The van der Waals surface area contributed by atoms with E-state index in [1.54, 1.807) is 19.2 Å². The lowest BCUT2D eigenvalue weighted by molar-refractivity contribution is -0.277. The van der Waals surface area contributed by atoms with Crippen LogP contribution in [0.15, 0.2) is 36.4 Å². The lowest BCUT2D eigenvalue weighted by Crippen LogP contribution is -2.60. The highest BCUT2D eigenvalue weighted by molar-refractivity contribution is 5.52. The third kappa shape index (κ3) is 3.38. The van der Waals surface area contributed by atoms with Gasteiger partial charge in [-0.15, -0.1) is 0 Å². The molecule has 3 aliphatic rings. The molecule has 0 saturated carbocycles. The summed E-state index contributed by atoms with van der Waals surface area (Å²) in [6.45, 7) is -0.0929. The Morgan fingerprint density at radius 2 is 1.68 bits per heavy atom. The molecular weight excluding hydrogens is 408 g/mol. The number of rotatable bonds is 4. The van der Waals surface area contributed by atoms with Crippen LogP contribution < -0.4 is 18.9 Å². The van der Waals surface area contributed by atoms with Crippen molar-refractivity contribution in [3.05, 3.63) is 47.5 Å². The Kier molecular flexibility index (Phi) is 5.15. The number of hydrogen-bond acceptors (Lipinski definition) is 9. The Hall–Kier alpha value is -2.56. The third-order valence-electron chi connectivity index (χ3n) is 6.05. The summed E-state index contributed by atoms with van der Waals surface area (Å²) in [5.74, 6) is 2.49. The molecule has 166 valence electrons. The Morgan fingerprint density at radius 3 is 2.45 bits per heavy atom. The van der Waals surface area contributed by atoms with Gasteiger partial charge in [-0.25, -0.2) is 0 Å². The van der Waals surface area contributed by atoms with E-state index in [0.717, 1.165) is 22.6 Å². The zero-order chi connectivity index (χ0) is 21.7. The fourth-order valence-electron chi connectivity index (χ4n) is 4.32. The van der Waals surface area contributed by atoms with Gasteiger partial charge in [-0.1, -0.05) is 6.07 Å². The van der Waals surface area contributed by atoms with Crippen LogP contribution in [0.2, 0.25) is 0 Å². The van der Waals surface area contributed by atoms with Crippen LogP contribution in [-0.2, 0) is 4.74 Å². The van der Waals surface area contributed by atoms with E-state index in [1.165, 1.54) is 0 Å². The number of ether oxygens (including phenoxy) is 5. The average molecular weight is 432 g/mol. The van der Waals surface area contributed by atoms with Gasteiger partial charge in [-0.05, 0) is 18.2 Å². The molecule has 2 aromatic rings. The topological polar surface area (TPSA) is 127 Å². The zero-order valence-corrected chi connectivity index (χ0v) is 16.7. The first-order chi connectivity index (χ1) is 15.0. The molecule has 1 fully saturated rings. The van der Waals surface area contributed by atoms with Crippen LogP contribution >= 0.6 is 0 Å². The Labute approximate surface area is 178 Å². The number of fused-ring (bicyclic) bond motifs is 5. The van der Waals surface area contributed by atoms with Crippen molar-refractivity contribution < 1.29 is 44.1 Å². The predicted octanol–water partition coefficient (Wildman–Crippen LogP) is 0.484. The van der Waals surface area contributed by atoms with E-state index in [-0.39, 0.29) is 12.0 Å². The van der Waals surface area contributed by atoms with Gasteiger partial charge in [0.25, 0.3) is 0 Å². The maximum Gasteiger partial charge on any atom is 0.229 e. The first-order valence-electron chi connectivity index (χ1n) is 10.1. The number of aliphatic hydroxyl groups is 4. The molecule has 9 heteroatoms. The molecule has 2 aromatic carbocycles. The third-order valence-corrected chi connectivity index (χ3v) is 6.05. The van der Waals surface area contributed by atoms with Crippen LogP contribution in [0, 0.1) is 0 Å². The van der Waals surface area contributed by atoms with Gasteiger partial charge in [0.1, 0.15) is 53.5 Å². The van der Waals surface area contributed by atoms with Gasteiger partial charge in [-0.2, -0.15) is 0 Å². The smallest absolute Gasteiger partial charge is 0.229 e. The minimum atomic E-state index is -1.51. The summed E-state index contributed by atoms with van der Waals surface area (Å²) in [7, 11) is 1.61. The van der Waals surface area contributed by atoms with Crippen molar-refractivity contribution in [1.29, 1.82) is 0 Å². The second-order valence-electron chi connectivity index (χ2n) is 7.87. The molecule has 0 aliphatic carbocycles. The molecule has 9 nitrogen and oxygen atoms in total. The van der Waals surface area contributed by atoms with Crippen molar-refractivity contribution in [3.8, 4) is 23.0 Å². The second-order valence-corrected chi connectivity index (χ2v) is 7.87. The molecular formula is C22H24O9. The van der Waals surface area contributed by atoms with Gasteiger partial charge >= 0.3 is 0 Å². The van der Waals surface area contributed by atoms with E-state index in [2.05, 4.69) is 0 Å². The lowest BCUT2D eigenvalue weighted by atomic mass is 9.89. The van der Waals surface area contributed by atoms with Crippen LogP contribution in [0.5, 0.6) is 23.0 Å². The molecule has 0 unspecified atom stereocenters. The van der Waals surface area contributed by atoms with Crippen LogP contribution in [0.4, 0.5) is 0 Å². The summed E-state index contributed by atoms with van der Waals surface area (Å²) in [4.78, 5) is 0. The summed E-state index contributed by atoms with van der Waals surface area (Å²) >= 11 is 0. The van der Waals surface area contributed by atoms with Crippen molar-refractivity contribution in [2.24, 2.45) is 0 Å². The number of methoxy groups -OCH3 is 1. The molecule has 0 amide bonds. The second kappa shape index (κ2) is 7.85. The maximum atomic E-state index is 10.2. The lowest BCUT2D eigenvalue weighted by Gasteiger charge is -2.39. The zero-order valence-electron chi connectivity index (χ0n) is 16.7. The fourth-order valence-corrected chi connectivity index (χ4v) is 4.32. The SMILES string of the molecule is COc1ccc2c(c1)O[C@@H]1c3ccc(O[C@H]4O[C@H](CO)[C@@H](O)[C@H](O)[C@H]4O)cc3OC[C@@H]21. The van der Waals surface area contributed by atoms with Gasteiger partial charge in [0, 0.05) is 23.3 Å². The van der Waals surface area contributed by atoms with Crippen molar-refractivity contribution in [2.75, 3.05) is 20.3 Å². The van der Waals surface area contributed by atoms with E-state index in [0.29, 0.717) is 18.1 Å². The Balaban J connectivity index is 1.36. The van der Waals surface area contributed by atoms with E-state index < -0.39 is 37.3 Å². The highest BCUT2D eigenvalue weighted by Gasteiger charge is 2.45. The van der Waals surface area contributed by atoms with Crippen LogP contribution in [0.25, 0.3) is 0 Å². The highest BCUT2D eigenvalue weighted by atomic mass is 16.7. The number of hydrogen-bond donors (Lipinski definition) is 4. The Morgan fingerprint density at radius 1 is 0.935 bits per heavy atom. The number of aliphatic hydroxyl groups excluding tert-OH is 4. The van der Waals surface area contributed by atoms with Gasteiger partial charge in [0.05, 0.1) is 26.2 Å². The normalized spacial score (nSPS) is 33.4. The number of benzene rings is 2. The summed E-state index contributed by atoms with van der Waals surface area (Å²) in [5, 5.41) is 39.4. The molecule has 5 rings (SSSR count). The molecule has 4 N–H and O–H groups in total. The van der Waals surface area contributed by atoms with Crippen molar-refractivity contribution in [1.82, 2.24) is 0 Å².